The average molecular weight is 469 g/mol. The first-order valence-corrected chi connectivity index (χ1v) is 11.8. The monoisotopic (exact) mass is 468 g/mol. The molecule has 3 aromatic carbocycles. The number of methoxy groups -OCH3 is 1. The van der Waals surface area contributed by atoms with Gasteiger partial charge in [-0.15, -0.1) is 0 Å². The summed E-state index contributed by atoms with van der Waals surface area (Å²) in [5.41, 5.74) is 5.02. The second-order valence-corrected chi connectivity index (χ2v) is 9.00. The molecule has 0 spiro atoms. The lowest BCUT2D eigenvalue weighted by Gasteiger charge is -2.33. The summed E-state index contributed by atoms with van der Waals surface area (Å²) in [6.45, 7) is 2.32. The minimum Gasteiger partial charge on any atom is -0.489 e. The molecule has 1 aliphatic carbocycles. The Kier molecular flexibility index (Phi) is 6.27. The third-order valence-electron chi connectivity index (χ3n) is 6.69. The van der Waals surface area contributed by atoms with Crippen LogP contribution in [0, 0.1) is 11.8 Å². The van der Waals surface area contributed by atoms with Crippen molar-refractivity contribution in [3.05, 3.63) is 101 Å². The molecule has 0 radical (unpaired) electrons. The van der Waals surface area contributed by atoms with Gasteiger partial charge in [0.2, 0.25) is 0 Å². The lowest BCUT2D eigenvalue weighted by Crippen LogP contribution is -2.39. The van der Waals surface area contributed by atoms with Gasteiger partial charge < -0.3 is 20.1 Å². The molecule has 35 heavy (non-hydrogen) atoms. The topological polar surface area (TPSA) is 76.7 Å². The summed E-state index contributed by atoms with van der Waals surface area (Å²) in [6, 6.07) is 25.1. The first-order valence-electron chi connectivity index (χ1n) is 11.8. The Morgan fingerprint density at radius 2 is 1.63 bits per heavy atom. The Bertz CT molecular complexity index is 1280. The second-order valence-electron chi connectivity index (χ2n) is 9.00. The average Bonchev–Trinajstić information content (AvgIpc) is 3.04. The number of rotatable bonds is 5. The van der Waals surface area contributed by atoms with Crippen LogP contribution in [0.1, 0.15) is 30.5 Å². The minimum absolute atomic E-state index is 0.184. The van der Waals surface area contributed by atoms with Crippen LogP contribution in [0.2, 0.25) is 0 Å². The fourth-order valence-corrected chi connectivity index (χ4v) is 4.95. The molecule has 0 saturated heterocycles. The van der Waals surface area contributed by atoms with Crippen LogP contribution in [0.3, 0.4) is 0 Å². The maximum absolute atomic E-state index is 13.9. The van der Waals surface area contributed by atoms with Gasteiger partial charge in [-0.05, 0) is 36.1 Å². The van der Waals surface area contributed by atoms with Crippen molar-refractivity contribution in [2.24, 2.45) is 11.8 Å². The molecule has 1 heterocycles. The second kappa shape index (κ2) is 9.66. The number of hydrogen-bond donors (Lipinski definition) is 2. The van der Waals surface area contributed by atoms with Crippen molar-refractivity contribution in [2.75, 3.05) is 17.7 Å². The molecule has 1 aliphatic heterocycles. The molecule has 0 bridgehead atoms. The van der Waals surface area contributed by atoms with Crippen LogP contribution in [0.5, 0.6) is 5.75 Å². The van der Waals surface area contributed by atoms with Crippen LogP contribution < -0.4 is 15.4 Å². The Labute approximate surface area is 205 Å². The maximum atomic E-state index is 13.9. The Morgan fingerprint density at radius 1 is 0.943 bits per heavy atom. The normalized spacial score (nSPS) is 21.1. The van der Waals surface area contributed by atoms with Gasteiger partial charge in [0.05, 0.1) is 24.5 Å². The number of nitrogens with one attached hydrogen (secondary N) is 2. The highest BCUT2D eigenvalue weighted by atomic mass is 16.5. The van der Waals surface area contributed by atoms with Gasteiger partial charge in [-0.1, -0.05) is 67.6 Å². The van der Waals surface area contributed by atoms with E-state index in [0.717, 1.165) is 28.2 Å². The molecule has 3 aromatic rings. The number of carbonyl (C=O) groups excluding carboxylic acids is 2. The molecular weight excluding hydrogens is 440 g/mol. The molecule has 0 fully saturated rings. The van der Waals surface area contributed by atoms with Gasteiger partial charge in [0, 0.05) is 16.8 Å². The van der Waals surface area contributed by atoms with E-state index >= 15 is 0 Å². The molecule has 0 saturated carbocycles. The SMILES string of the molecule is COC(=O)C1C(=O)C2=C(CC1C)Nc1ccccc1NC2c1ccccc1OCc1ccccc1. The fourth-order valence-electron chi connectivity index (χ4n) is 4.95. The molecule has 3 atom stereocenters. The van der Waals surface area contributed by atoms with Crippen LogP contribution in [-0.2, 0) is 20.9 Å². The zero-order valence-electron chi connectivity index (χ0n) is 19.8. The molecule has 6 heteroatoms. The number of fused-ring (bicyclic) bond motifs is 1. The summed E-state index contributed by atoms with van der Waals surface area (Å²) in [6.07, 6.45) is 0.556. The third kappa shape index (κ3) is 4.39. The minimum atomic E-state index is -0.844. The van der Waals surface area contributed by atoms with Gasteiger partial charge in [-0.3, -0.25) is 9.59 Å². The highest BCUT2D eigenvalue weighted by Gasteiger charge is 2.44. The smallest absolute Gasteiger partial charge is 0.316 e. The van der Waals surface area contributed by atoms with Crippen LogP contribution >= 0.6 is 0 Å². The molecule has 3 unspecified atom stereocenters. The maximum Gasteiger partial charge on any atom is 0.316 e. The number of Topliss-reactive ketones (excluding diaryl/α,β-unsaturated/α-hetero) is 1. The molecule has 2 N–H and O–H groups in total. The quantitative estimate of drug-likeness (QED) is 0.381. The van der Waals surface area contributed by atoms with E-state index in [9.17, 15) is 9.59 Å². The number of esters is 1. The van der Waals surface area contributed by atoms with E-state index in [4.69, 9.17) is 9.47 Å². The van der Waals surface area contributed by atoms with Crippen molar-refractivity contribution in [3.63, 3.8) is 0 Å². The van der Waals surface area contributed by atoms with Gasteiger partial charge in [-0.2, -0.15) is 0 Å². The Balaban J connectivity index is 1.59. The van der Waals surface area contributed by atoms with Crippen LogP contribution in [-0.4, -0.2) is 18.9 Å². The summed E-state index contributed by atoms with van der Waals surface area (Å²) in [5.74, 6) is -1.06. The molecule has 6 nitrogen and oxygen atoms in total. The van der Waals surface area contributed by atoms with Crippen molar-refractivity contribution in [2.45, 2.75) is 26.0 Å². The van der Waals surface area contributed by atoms with Crippen LogP contribution in [0.15, 0.2) is 90.1 Å². The number of allylic oxidation sites excluding steroid dienone is 1. The zero-order chi connectivity index (χ0) is 24.4. The highest BCUT2D eigenvalue weighted by Crippen LogP contribution is 2.45. The lowest BCUT2D eigenvalue weighted by atomic mass is 9.74. The van der Waals surface area contributed by atoms with E-state index < -0.39 is 17.9 Å². The van der Waals surface area contributed by atoms with E-state index in [1.165, 1.54) is 7.11 Å². The van der Waals surface area contributed by atoms with Crippen LogP contribution in [0.4, 0.5) is 11.4 Å². The van der Waals surface area contributed by atoms with E-state index in [1.807, 2.05) is 85.8 Å². The molecular formula is C29H28N2O4. The molecule has 0 amide bonds. The summed E-state index contributed by atoms with van der Waals surface area (Å²) >= 11 is 0. The number of anilines is 2. The fraction of sp³-hybridized carbons (Fsp3) is 0.241. The number of benzene rings is 3. The van der Waals surface area contributed by atoms with Crippen molar-refractivity contribution in [3.8, 4) is 5.75 Å². The summed E-state index contributed by atoms with van der Waals surface area (Å²) in [5, 5.41) is 7.04. The highest BCUT2D eigenvalue weighted by molar-refractivity contribution is 6.11. The van der Waals surface area contributed by atoms with Gasteiger partial charge in [-0.25, -0.2) is 0 Å². The number of para-hydroxylation sites is 3. The van der Waals surface area contributed by atoms with E-state index in [-0.39, 0.29) is 11.7 Å². The van der Waals surface area contributed by atoms with Gasteiger partial charge in [0.25, 0.3) is 0 Å². The number of ether oxygens (including phenoxy) is 2. The first-order chi connectivity index (χ1) is 17.1. The largest absolute Gasteiger partial charge is 0.489 e. The first kappa shape index (κ1) is 22.7. The van der Waals surface area contributed by atoms with Crippen molar-refractivity contribution < 1.29 is 19.1 Å². The van der Waals surface area contributed by atoms with E-state index in [0.29, 0.717) is 24.4 Å². The van der Waals surface area contributed by atoms with Gasteiger partial charge >= 0.3 is 5.97 Å². The van der Waals surface area contributed by atoms with E-state index in [2.05, 4.69) is 10.6 Å². The predicted octanol–water partition coefficient (Wildman–Crippen LogP) is 5.50. The number of hydrogen-bond acceptors (Lipinski definition) is 6. The zero-order valence-corrected chi connectivity index (χ0v) is 19.8. The van der Waals surface area contributed by atoms with Gasteiger partial charge in [0.15, 0.2) is 5.78 Å². The summed E-state index contributed by atoms with van der Waals surface area (Å²) in [7, 11) is 1.33. The van der Waals surface area contributed by atoms with E-state index in [1.54, 1.807) is 0 Å². The molecule has 178 valence electrons. The predicted molar refractivity (Wildman–Crippen MR) is 135 cm³/mol. The lowest BCUT2D eigenvalue weighted by molar-refractivity contribution is -0.151. The molecule has 5 rings (SSSR count). The van der Waals surface area contributed by atoms with Crippen molar-refractivity contribution in [1.82, 2.24) is 0 Å². The van der Waals surface area contributed by atoms with Crippen molar-refractivity contribution in [1.29, 1.82) is 0 Å². The molecule has 2 aliphatic rings. The third-order valence-corrected chi connectivity index (χ3v) is 6.69. The summed E-state index contributed by atoms with van der Waals surface area (Å²) < 4.78 is 11.3. The number of ketones is 1. The van der Waals surface area contributed by atoms with Crippen molar-refractivity contribution >= 4 is 23.1 Å². The molecule has 0 aromatic heterocycles. The van der Waals surface area contributed by atoms with Gasteiger partial charge in [0.1, 0.15) is 18.3 Å². The van der Waals surface area contributed by atoms with Crippen LogP contribution in [0.25, 0.3) is 0 Å². The Morgan fingerprint density at radius 3 is 2.40 bits per heavy atom. The summed E-state index contributed by atoms with van der Waals surface area (Å²) in [4.78, 5) is 26.5. The number of carbonyl (C=O) groups is 2. The standard InChI is InChI=1S/C29H28N2O4/c1-18-16-23-26(28(32)25(18)29(33)34-2)27(31-22-14-8-7-13-21(22)30-23)20-12-6-9-15-24(20)35-17-19-10-4-3-5-11-19/h3-15,18,25,27,30-31H,16-17H2,1-2H3. The Hall–Kier alpha value is -4.06.